The third-order valence-electron chi connectivity index (χ3n) is 6.25. The lowest BCUT2D eigenvalue weighted by atomic mass is 9.94. The Labute approximate surface area is 199 Å². The Morgan fingerprint density at radius 3 is 2.53 bits per heavy atom. The Hall–Kier alpha value is -3.81. The van der Waals surface area contributed by atoms with Gasteiger partial charge in [-0.2, -0.15) is 5.10 Å². The number of nitrogens with zero attached hydrogens (tertiary/aromatic N) is 3. The highest BCUT2D eigenvalue weighted by molar-refractivity contribution is 6.00. The maximum atomic E-state index is 13.5. The molecule has 4 rings (SSSR count). The summed E-state index contributed by atoms with van der Waals surface area (Å²) in [6.45, 7) is 4.84. The van der Waals surface area contributed by atoms with Gasteiger partial charge in [-0.25, -0.2) is 0 Å². The van der Waals surface area contributed by atoms with Gasteiger partial charge in [0, 0.05) is 24.2 Å². The van der Waals surface area contributed by atoms with Crippen molar-refractivity contribution in [1.29, 1.82) is 0 Å². The van der Waals surface area contributed by atoms with Crippen LogP contribution in [-0.4, -0.2) is 52.8 Å². The molecule has 0 spiro atoms. The fourth-order valence-corrected chi connectivity index (χ4v) is 4.33. The number of fused-ring (bicyclic) bond motifs is 1. The van der Waals surface area contributed by atoms with E-state index in [0.717, 1.165) is 23.3 Å². The molecule has 3 aromatic rings. The van der Waals surface area contributed by atoms with Crippen LogP contribution in [0.15, 0.2) is 54.6 Å². The Bertz CT molecular complexity index is 1190. The van der Waals surface area contributed by atoms with Crippen LogP contribution >= 0.6 is 0 Å². The Morgan fingerprint density at radius 2 is 1.85 bits per heavy atom. The normalized spacial score (nSPS) is 17.3. The summed E-state index contributed by atoms with van der Waals surface area (Å²) < 4.78 is 12.3. The molecule has 1 N–H and O–H groups in total. The highest BCUT2D eigenvalue weighted by atomic mass is 16.5. The summed E-state index contributed by atoms with van der Waals surface area (Å²) in [5.41, 5.74) is 1.83. The highest BCUT2D eigenvalue weighted by Crippen LogP contribution is 2.31. The second kappa shape index (κ2) is 9.59. The monoisotopic (exact) mass is 462 g/mol. The van der Waals surface area contributed by atoms with Gasteiger partial charge in [0.25, 0.3) is 5.91 Å². The van der Waals surface area contributed by atoms with Crippen LogP contribution in [0, 0.1) is 0 Å². The van der Waals surface area contributed by atoms with Crippen molar-refractivity contribution < 1.29 is 19.1 Å². The number of aromatic nitrogens is 2. The molecule has 0 fully saturated rings. The molecule has 8 nitrogen and oxygen atoms in total. The number of carbonyl (C=O) groups excluding carboxylic acids is 2. The molecule has 0 bridgehead atoms. The molecule has 178 valence electrons. The van der Waals surface area contributed by atoms with Crippen molar-refractivity contribution in [3.63, 3.8) is 0 Å². The fraction of sp³-hybridized carbons (Fsp3) is 0.346. The molecular weight excluding hydrogens is 432 g/mol. The van der Waals surface area contributed by atoms with E-state index in [2.05, 4.69) is 10.4 Å². The number of hydrogen-bond donors (Lipinski definition) is 1. The van der Waals surface area contributed by atoms with Crippen molar-refractivity contribution in [2.24, 2.45) is 0 Å². The SMILES string of the molecule is CCCN1C(=O)c2cc(-c3ccc(OC)cc3)nn2C[C@@]1(C)C(=O)NCc1ccccc1OC. The van der Waals surface area contributed by atoms with Crippen molar-refractivity contribution >= 4 is 11.8 Å². The number of carbonyl (C=O) groups is 2. The number of nitrogens with one attached hydrogen (secondary N) is 1. The second-order valence-electron chi connectivity index (χ2n) is 8.53. The van der Waals surface area contributed by atoms with Crippen LogP contribution in [0.2, 0.25) is 0 Å². The van der Waals surface area contributed by atoms with E-state index in [1.54, 1.807) is 36.8 Å². The second-order valence-corrected chi connectivity index (χ2v) is 8.53. The largest absolute Gasteiger partial charge is 0.497 e. The molecule has 0 radical (unpaired) electrons. The maximum absolute atomic E-state index is 13.5. The van der Waals surface area contributed by atoms with Crippen molar-refractivity contribution in [3.05, 3.63) is 65.9 Å². The molecule has 0 saturated carbocycles. The molecule has 8 heteroatoms. The smallest absolute Gasteiger partial charge is 0.273 e. The van der Waals surface area contributed by atoms with Gasteiger partial charge in [0.05, 0.1) is 26.5 Å². The van der Waals surface area contributed by atoms with Crippen molar-refractivity contribution in [2.75, 3.05) is 20.8 Å². The maximum Gasteiger partial charge on any atom is 0.273 e. The van der Waals surface area contributed by atoms with Gasteiger partial charge in [-0.15, -0.1) is 0 Å². The molecular formula is C26H30N4O4. The third-order valence-corrected chi connectivity index (χ3v) is 6.25. The summed E-state index contributed by atoms with van der Waals surface area (Å²) in [5, 5.41) is 7.68. The molecule has 0 aliphatic carbocycles. The quantitative estimate of drug-likeness (QED) is 0.554. The van der Waals surface area contributed by atoms with Crippen LogP contribution in [0.5, 0.6) is 11.5 Å². The first-order valence-corrected chi connectivity index (χ1v) is 11.4. The Kier molecular flexibility index (Phi) is 6.58. The topological polar surface area (TPSA) is 85.7 Å². The Morgan fingerprint density at radius 1 is 1.12 bits per heavy atom. The number of hydrogen-bond acceptors (Lipinski definition) is 5. The van der Waals surface area contributed by atoms with Crippen LogP contribution < -0.4 is 14.8 Å². The fourth-order valence-electron chi connectivity index (χ4n) is 4.33. The van der Waals surface area contributed by atoms with Crippen molar-refractivity contribution in [2.45, 2.75) is 38.9 Å². The highest BCUT2D eigenvalue weighted by Gasteiger charge is 2.47. The van der Waals surface area contributed by atoms with Gasteiger partial charge in [-0.1, -0.05) is 25.1 Å². The molecule has 2 amide bonds. The molecule has 1 atom stereocenters. The zero-order valence-electron chi connectivity index (χ0n) is 20.0. The number of amides is 2. The zero-order chi connectivity index (χ0) is 24.3. The van der Waals surface area contributed by atoms with E-state index < -0.39 is 5.54 Å². The predicted molar refractivity (Wildman–Crippen MR) is 129 cm³/mol. The third kappa shape index (κ3) is 4.23. The number of para-hydroxylation sites is 1. The van der Waals surface area contributed by atoms with Gasteiger partial charge >= 0.3 is 0 Å². The molecule has 2 aromatic carbocycles. The summed E-state index contributed by atoms with van der Waals surface area (Å²) in [4.78, 5) is 28.6. The van der Waals surface area contributed by atoms with Gasteiger partial charge in [0.15, 0.2) is 0 Å². The minimum atomic E-state index is -1.08. The summed E-state index contributed by atoms with van der Waals surface area (Å²) in [6, 6.07) is 16.9. The number of ether oxygens (including phenoxy) is 2. The molecule has 1 aliphatic rings. The number of rotatable bonds is 8. The van der Waals surface area contributed by atoms with Crippen LogP contribution in [0.1, 0.15) is 36.3 Å². The Balaban J connectivity index is 1.62. The first-order chi connectivity index (χ1) is 16.4. The predicted octanol–water partition coefficient (Wildman–Crippen LogP) is 3.51. The average Bonchev–Trinajstić information content (AvgIpc) is 3.29. The van der Waals surface area contributed by atoms with Gasteiger partial charge in [0.1, 0.15) is 22.7 Å². The first kappa shape index (κ1) is 23.4. The summed E-state index contributed by atoms with van der Waals surface area (Å²) >= 11 is 0. The summed E-state index contributed by atoms with van der Waals surface area (Å²) in [5.74, 6) is 1.02. The van der Waals surface area contributed by atoms with E-state index in [-0.39, 0.29) is 18.4 Å². The molecule has 1 aliphatic heterocycles. The van der Waals surface area contributed by atoms with E-state index >= 15 is 0 Å². The van der Waals surface area contributed by atoms with Crippen molar-refractivity contribution in [1.82, 2.24) is 20.0 Å². The van der Waals surface area contributed by atoms with Crippen molar-refractivity contribution in [3.8, 4) is 22.8 Å². The zero-order valence-corrected chi connectivity index (χ0v) is 20.0. The van der Waals surface area contributed by atoms with Gasteiger partial charge in [-0.3, -0.25) is 14.3 Å². The van der Waals surface area contributed by atoms with E-state index in [9.17, 15) is 9.59 Å². The van der Waals surface area contributed by atoms with Gasteiger partial charge in [0.2, 0.25) is 5.91 Å². The van der Waals surface area contributed by atoms with Crippen LogP contribution in [0.3, 0.4) is 0 Å². The minimum absolute atomic E-state index is 0.199. The van der Waals surface area contributed by atoms with Crippen LogP contribution in [-0.2, 0) is 17.9 Å². The van der Waals surface area contributed by atoms with E-state index in [0.29, 0.717) is 30.2 Å². The van der Waals surface area contributed by atoms with Crippen LogP contribution in [0.4, 0.5) is 0 Å². The molecule has 1 aromatic heterocycles. The minimum Gasteiger partial charge on any atom is -0.497 e. The molecule has 2 heterocycles. The summed E-state index contributed by atoms with van der Waals surface area (Å²) in [6.07, 6.45) is 0.737. The average molecular weight is 463 g/mol. The lowest BCUT2D eigenvalue weighted by Crippen LogP contribution is -2.64. The lowest BCUT2D eigenvalue weighted by Gasteiger charge is -2.43. The molecule has 0 saturated heterocycles. The van der Waals surface area contributed by atoms with E-state index in [1.165, 1.54) is 0 Å². The first-order valence-electron chi connectivity index (χ1n) is 11.4. The van der Waals surface area contributed by atoms with Gasteiger partial charge in [-0.05, 0) is 49.7 Å². The van der Waals surface area contributed by atoms with Gasteiger partial charge < -0.3 is 19.7 Å². The standard InChI is InChI=1S/C26H30N4O4/c1-5-14-29-24(31)22-15-21(18-10-12-20(33-3)13-11-18)28-30(22)17-26(29,2)25(32)27-16-19-8-6-7-9-23(19)34-4/h6-13,15H,5,14,16-17H2,1-4H3,(H,27,32)/t26-/m0/s1. The van der Waals surface area contributed by atoms with E-state index in [4.69, 9.17) is 9.47 Å². The summed E-state index contributed by atoms with van der Waals surface area (Å²) in [7, 11) is 3.22. The molecule has 0 unspecified atom stereocenters. The lowest BCUT2D eigenvalue weighted by molar-refractivity contribution is -0.133. The molecule has 34 heavy (non-hydrogen) atoms. The number of benzene rings is 2. The number of methoxy groups -OCH3 is 2. The van der Waals surface area contributed by atoms with Crippen LogP contribution in [0.25, 0.3) is 11.3 Å². The van der Waals surface area contributed by atoms with E-state index in [1.807, 2.05) is 55.5 Å².